The Kier molecular flexibility index (Phi) is 5.96. The largest absolute Gasteiger partial charge is 0.493 e. The van der Waals surface area contributed by atoms with Crippen LogP contribution in [0.3, 0.4) is 0 Å². The van der Waals surface area contributed by atoms with Crippen molar-refractivity contribution in [2.45, 2.75) is 24.8 Å². The van der Waals surface area contributed by atoms with Crippen molar-refractivity contribution in [3.63, 3.8) is 0 Å². The van der Waals surface area contributed by atoms with Crippen LogP contribution in [0.25, 0.3) is 21.3 Å². The molecule has 0 saturated carbocycles. The molecule has 134 valence electrons. The van der Waals surface area contributed by atoms with E-state index < -0.39 is 0 Å². The minimum absolute atomic E-state index is 0.562. The summed E-state index contributed by atoms with van der Waals surface area (Å²) in [5.74, 6) is 2.26. The third kappa shape index (κ3) is 3.62. The molecule has 0 aliphatic carbocycles. The molecule has 3 rings (SSSR count). The maximum atomic E-state index is 8.72. The number of ether oxygens (including phenoxy) is 2. The Balaban J connectivity index is 2.08. The number of thiophene rings is 1. The predicted octanol–water partition coefficient (Wildman–Crippen LogP) is 5.08. The summed E-state index contributed by atoms with van der Waals surface area (Å²) in [4.78, 5) is 11.1. The minimum Gasteiger partial charge on any atom is -0.493 e. The van der Waals surface area contributed by atoms with Gasteiger partial charge in [0.2, 0.25) is 0 Å². The smallest absolute Gasteiger partial charge is 0.161 e. The quantitative estimate of drug-likeness (QED) is 0.321. The van der Waals surface area contributed by atoms with Crippen molar-refractivity contribution < 1.29 is 9.47 Å². The number of thioether (sulfide) groups is 1. The van der Waals surface area contributed by atoms with Crippen LogP contribution in [-0.2, 0) is 0 Å². The number of aryl methyl sites for hydroxylation is 1. The average Bonchev–Trinajstić information content (AvgIpc) is 3.01. The van der Waals surface area contributed by atoms with Crippen LogP contribution in [0.4, 0.5) is 0 Å². The van der Waals surface area contributed by atoms with Gasteiger partial charge in [0.15, 0.2) is 11.5 Å². The fourth-order valence-electron chi connectivity index (χ4n) is 2.79. The van der Waals surface area contributed by atoms with Gasteiger partial charge in [0.05, 0.1) is 25.7 Å². The van der Waals surface area contributed by atoms with Gasteiger partial charge in [0, 0.05) is 22.6 Å². The third-order valence-corrected chi connectivity index (χ3v) is 6.06. The number of rotatable bonds is 7. The number of methoxy groups -OCH3 is 2. The maximum absolute atomic E-state index is 8.72. The molecule has 0 aliphatic heterocycles. The second-order valence-corrected chi connectivity index (χ2v) is 7.86. The van der Waals surface area contributed by atoms with Gasteiger partial charge in [-0.2, -0.15) is 5.26 Å². The molecule has 1 aromatic carbocycles. The van der Waals surface area contributed by atoms with Crippen LogP contribution in [-0.4, -0.2) is 29.9 Å². The number of benzene rings is 1. The standard InChI is InChI=1S/C19H19N3O2S2/c1-12-16(13-6-7-14(23-2)15(10-13)24-3)17-18(25-9-5-4-8-20)21-11-22-19(17)26-12/h6-7,10-11H,4-5,9H2,1-3H3. The van der Waals surface area contributed by atoms with Crippen LogP contribution in [0.1, 0.15) is 17.7 Å². The number of nitriles is 1. The zero-order chi connectivity index (χ0) is 18.5. The molecule has 0 fully saturated rings. The number of nitrogens with zero attached hydrogens (tertiary/aromatic N) is 3. The highest BCUT2D eigenvalue weighted by atomic mass is 32.2. The van der Waals surface area contributed by atoms with Crippen molar-refractivity contribution >= 4 is 33.3 Å². The van der Waals surface area contributed by atoms with Crippen LogP contribution in [0.5, 0.6) is 11.5 Å². The highest BCUT2D eigenvalue weighted by molar-refractivity contribution is 7.99. The normalized spacial score (nSPS) is 10.7. The van der Waals surface area contributed by atoms with E-state index in [0.717, 1.165) is 38.5 Å². The Bertz CT molecular complexity index is 963. The van der Waals surface area contributed by atoms with Crippen LogP contribution >= 0.6 is 23.1 Å². The molecule has 0 spiro atoms. The van der Waals surface area contributed by atoms with E-state index in [1.165, 1.54) is 4.88 Å². The molecule has 0 aliphatic rings. The van der Waals surface area contributed by atoms with Gasteiger partial charge in [-0.15, -0.1) is 23.1 Å². The monoisotopic (exact) mass is 385 g/mol. The van der Waals surface area contributed by atoms with Crippen LogP contribution in [0.15, 0.2) is 29.6 Å². The minimum atomic E-state index is 0.562. The molecule has 0 saturated heterocycles. The topological polar surface area (TPSA) is 68.0 Å². The lowest BCUT2D eigenvalue weighted by molar-refractivity contribution is 0.355. The lowest BCUT2D eigenvalue weighted by Crippen LogP contribution is -1.92. The molecule has 0 N–H and O–H groups in total. The first kappa shape index (κ1) is 18.5. The van der Waals surface area contributed by atoms with E-state index in [-0.39, 0.29) is 0 Å². The van der Waals surface area contributed by atoms with Crippen LogP contribution in [0, 0.1) is 18.3 Å². The summed E-state index contributed by atoms with van der Waals surface area (Å²) < 4.78 is 10.8. The summed E-state index contributed by atoms with van der Waals surface area (Å²) in [6, 6.07) is 8.13. The first-order valence-electron chi connectivity index (χ1n) is 8.15. The summed E-state index contributed by atoms with van der Waals surface area (Å²) in [7, 11) is 3.27. The van der Waals surface area contributed by atoms with Gasteiger partial charge in [-0.3, -0.25) is 0 Å². The summed E-state index contributed by atoms with van der Waals surface area (Å²) in [5, 5.41) is 10.8. The molecule has 0 unspecified atom stereocenters. The Morgan fingerprint density at radius 3 is 2.73 bits per heavy atom. The number of unbranched alkanes of at least 4 members (excludes halogenated alkanes) is 1. The van der Waals surface area contributed by atoms with Gasteiger partial charge in [0.1, 0.15) is 16.2 Å². The van der Waals surface area contributed by atoms with Gasteiger partial charge in [-0.1, -0.05) is 6.07 Å². The lowest BCUT2D eigenvalue weighted by atomic mass is 10.0. The Morgan fingerprint density at radius 2 is 2.00 bits per heavy atom. The van der Waals surface area contributed by atoms with Crippen molar-refractivity contribution in [3.05, 3.63) is 29.4 Å². The van der Waals surface area contributed by atoms with E-state index in [9.17, 15) is 0 Å². The van der Waals surface area contributed by atoms with Gasteiger partial charge in [-0.05, 0) is 31.0 Å². The molecule has 26 heavy (non-hydrogen) atoms. The highest BCUT2D eigenvalue weighted by Gasteiger charge is 2.18. The zero-order valence-corrected chi connectivity index (χ0v) is 16.5. The fourth-order valence-corrected chi connectivity index (χ4v) is 4.81. The van der Waals surface area contributed by atoms with Crippen LogP contribution in [0.2, 0.25) is 0 Å². The van der Waals surface area contributed by atoms with Crippen molar-refractivity contribution in [1.29, 1.82) is 5.26 Å². The number of fused-ring (bicyclic) bond motifs is 1. The molecular weight excluding hydrogens is 366 g/mol. The van der Waals surface area contributed by atoms with Crippen molar-refractivity contribution in [2.75, 3.05) is 20.0 Å². The highest BCUT2D eigenvalue weighted by Crippen LogP contribution is 2.43. The zero-order valence-electron chi connectivity index (χ0n) is 14.9. The lowest BCUT2D eigenvalue weighted by Gasteiger charge is -2.11. The second-order valence-electron chi connectivity index (χ2n) is 5.57. The van der Waals surface area contributed by atoms with E-state index in [2.05, 4.69) is 23.0 Å². The molecule has 5 nitrogen and oxygen atoms in total. The molecular formula is C19H19N3O2S2. The Morgan fingerprint density at radius 1 is 1.19 bits per heavy atom. The summed E-state index contributed by atoms with van der Waals surface area (Å²) in [6.45, 7) is 2.10. The summed E-state index contributed by atoms with van der Waals surface area (Å²) in [5.41, 5.74) is 2.19. The Labute approximate surface area is 161 Å². The Hall–Kier alpha value is -2.30. The average molecular weight is 386 g/mol. The molecule has 2 heterocycles. The second kappa shape index (κ2) is 8.39. The third-order valence-electron chi connectivity index (χ3n) is 3.97. The van der Waals surface area contributed by atoms with Crippen LogP contribution < -0.4 is 9.47 Å². The molecule has 7 heteroatoms. The SMILES string of the molecule is COc1ccc(-c2c(C)sc3ncnc(SCCCC#N)c23)cc1OC. The van der Waals surface area contributed by atoms with Gasteiger partial charge in [-0.25, -0.2) is 9.97 Å². The number of hydrogen-bond acceptors (Lipinski definition) is 7. The first-order chi connectivity index (χ1) is 12.7. The molecule has 0 radical (unpaired) electrons. The number of aromatic nitrogens is 2. The van der Waals surface area contributed by atoms with E-state index in [1.807, 2.05) is 18.2 Å². The first-order valence-corrected chi connectivity index (χ1v) is 9.96. The molecule has 3 aromatic rings. The number of hydrogen-bond donors (Lipinski definition) is 0. The van der Waals surface area contributed by atoms with E-state index in [4.69, 9.17) is 14.7 Å². The van der Waals surface area contributed by atoms with Gasteiger partial charge >= 0.3 is 0 Å². The van der Waals surface area contributed by atoms with E-state index in [0.29, 0.717) is 17.9 Å². The predicted molar refractivity (Wildman–Crippen MR) is 106 cm³/mol. The summed E-state index contributed by atoms with van der Waals surface area (Å²) >= 11 is 3.34. The fraction of sp³-hybridized carbons (Fsp3) is 0.316. The van der Waals surface area contributed by atoms with Crippen molar-refractivity contribution in [1.82, 2.24) is 9.97 Å². The molecule has 0 bridgehead atoms. The molecule has 0 amide bonds. The van der Waals surface area contributed by atoms with Gasteiger partial charge < -0.3 is 9.47 Å². The maximum Gasteiger partial charge on any atom is 0.161 e. The summed E-state index contributed by atoms with van der Waals surface area (Å²) in [6.07, 6.45) is 3.02. The molecule has 2 aromatic heterocycles. The van der Waals surface area contributed by atoms with Crippen molar-refractivity contribution in [3.8, 4) is 28.7 Å². The van der Waals surface area contributed by atoms with Gasteiger partial charge in [0.25, 0.3) is 0 Å². The van der Waals surface area contributed by atoms with E-state index in [1.54, 1.807) is 43.6 Å². The van der Waals surface area contributed by atoms with Crippen molar-refractivity contribution in [2.24, 2.45) is 0 Å². The van der Waals surface area contributed by atoms with E-state index >= 15 is 0 Å². The molecule has 0 atom stereocenters.